The van der Waals surface area contributed by atoms with Crippen molar-refractivity contribution in [2.75, 3.05) is 6.61 Å². The number of hydrogen-bond acceptors (Lipinski definition) is 5. The van der Waals surface area contributed by atoms with Crippen molar-refractivity contribution in [1.82, 2.24) is 5.32 Å². The SMILES string of the molecule is CC/C=C/C=C/C=C\C=C/C=C/CCCCCC(=O)OC(CCCCCCCCCCCCCCCCCC)CC(=O)NC(CO)C(O)CCCCCCCCCCCCCCCCCCC. The topological polar surface area (TPSA) is 95.9 Å². The first-order valence-electron chi connectivity index (χ1n) is 29.1. The van der Waals surface area contributed by atoms with Crippen LogP contribution in [0, 0.1) is 0 Å². The van der Waals surface area contributed by atoms with E-state index in [1.165, 1.54) is 173 Å². The largest absolute Gasteiger partial charge is 0.462 e. The van der Waals surface area contributed by atoms with Crippen molar-refractivity contribution in [1.29, 1.82) is 0 Å². The van der Waals surface area contributed by atoms with Gasteiger partial charge in [-0.3, -0.25) is 9.59 Å². The fourth-order valence-corrected chi connectivity index (χ4v) is 8.87. The molecule has 0 fully saturated rings. The van der Waals surface area contributed by atoms with Crippen LogP contribution in [0.15, 0.2) is 60.8 Å². The van der Waals surface area contributed by atoms with Gasteiger partial charge < -0.3 is 20.3 Å². The van der Waals surface area contributed by atoms with E-state index >= 15 is 0 Å². The van der Waals surface area contributed by atoms with Crippen molar-refractivity contribution in [3.63, 3.8) is 0 Å². The summed E-state index contributed by atoms with van der Waals surface area (Å²) in [6.07, 6.45) is 68.6. The van der Waals surface area contributed by atoms with Gasteiger partial charge in [-0.15, -0.1) is 0 Å². The molecule has 3 atom stereocenters. The molecule has 6 heteroatoms. The summed E-state index contributed by atoms with van der Waals surface area (Å²) in [7, 11) is 0. The summed E-state index contributed by atoms with van der Waals surface area (Å²) in [5.74, 6) is -0.511. The molecule has 0 aromatic rings. The molecule has 0 aromatic carbocycles. The lowest BCUT2D eigenvalue weighted by Crippen LogP contribution is -2.46. The average molecular weight is 939 g/mol. The Bertz CT molecular complexity index is 1190. The monoisotopic (exact) mass is 938 g/mol. The zero-order valence-corrected chi connectivity index (χ0v) is 44.5. The third kappa shape index (κ3) is 49.8. The van der Waals surface area contributed by atoms with Gasteiger partial charge in [-0.25, -0.2) is 0 Å². The van der Waals surface area contributed by atoms with Gasteiger partial charge in [0.2, 0.25) is 5.91 Å². The zero-order chi connectivity index (χ0) is 48.8. The van der Waals surface area contributed by atoms with Gasteiger partial charge in [0.1, 0.15) is 6.10 Å². The van der Waals surface area contributed by atoms with Gasteiger partial charge in [0, 0.05) is 6.42 Å². The maximum absolute atomic E-state index is 13.3. The molecule has 0 radical (unpaired) electrons. The quantitative estimate of drug-likeness (QED) is 0.0321. The third-order valence-corrected chi connectivity index (χ3v) is 13.2. The van der Waals surface area contributed by atoms with Crippen LogP contribution in [-0.2, 0) is 14.3 Å². The van der Waals surface area contributed by atoms with Gasteiger partial charge in [0.05, 0.1) is 25.2 Å². The van der Waals surface area contributed by atoms with E-state index in [2.05, 4.69) is 50.4 Å². The summed E-state index contributed by atoms with van der Waals surface area (Å²) < 4.78 is 5.94. The molecule has 0 saturated heterocycles. The lowest BCUT2D eigenvalue weighted by molar-refractivity contribution is -0.151. The van der Waals surface area contributed by atoms with E-state index in [0.29, 0.717) is 19.3 Å². The molecule has 0 aliphatic carbocycles. The van der Waals surface area contributed by atoms with Gasteiger partial charge in [0.25, 0.3) is 0 Å². The van der Waals surface area contributed by atoms with Gasteiger partial charge in [0.15, 0.2) is 0 Å². The summed E-state index contributed by atoms with van der Waals surface area (Å²) in [5, 5.41) is 23.9. The van der Waals surface area contributed by atoms with Gasteiger partial charge in [-0.05, 0) is 44.9 Å². The van der Waals surface area contributed by atoms with Crippen LogP contribution in [0.1, 0.15) is 290 Å². The lowest BCUT2D eigenvalue weighted by Gasteiger charge is -2.24. The van der Waals surface area contributed by atoms with E-state index in [1.54, 1.807) is 0 Å². The van der Waals surface area contributed by atoms with Gasteiger partial charge in [-0.2, -0.15) is 0 Å². The van der Waals surface area contributed by atoms with E-state index < -0.39 is 18.2 Å². The normalized spacial score (nSPS) is 13.6. The molecule has 1 amide bonds. The van der Waals surface area contributed by atoms with E-state index in [9.17, 15) is 19.8 Å². The van der Waals surface area contributed by atoms with Crippen molar-refractivity contribution >= 4 is 11.9 Å². The molecule has 6 nitrogen and oxygen atoms in total. The van der Waals surface area contributed by atoms with Crippen LogP contribution in [0.25, 0.3) is 0 Å². The standard InChI is InChI=1S/C61H111NO5/c1-4-7-10-13-16-19-22-25-28-30-33-35-38-41-44-47-50-53-59(64)58(56-63)62-60(65)55-57(52-49-46-43-40-37-34-32-29-26-23-20-17-14-11-8-5-2)67-61(66)54-51-48-45-42-39-36-31-27-24-21-18-15-12-9-6-3/h9,12,15,18,21,24,27,31,36,39,57-59,63-64H,4-8,10-11,13-14,16-17,19-20,22-23,25-26,28-30,32-35,37-38,40-56H2,1-3H3,(H,62,65)/b12-9+,18-15+,24-21-,31-27-,39-36+. The number of aliphatic hydroxyl groups excluding tert-OH is 2. The number of ether oxygens (including phenoxy) is 1. The van der Waals surface area contributed by atoms with Crippen LogP contribution in [-0.4, -0.2) is 46.9 Å². The molecule has 3 unspecified atom stereocenters. The molecule has 3 N–H and O–H groups in total. The van der Waals surface area contributed by atoms with E-state index in [-0.39, 0.29) is 24.9 Å². The van der Waals surface area contributed by atoms with Crippen molar-refractivity contribution in [2.24, 2.45) is 0 Å². The molecule has 390 valence electrons. The highest BCUT2D eigenvalue weighted by Crippen LogP contribution is 2.19. The second-order valence-electron chi connectivity index (χ2n) is 19.8. The van der Waals surface area contributed by atoms with E-state index in [0.717, 1.165) is 70.6 Å². The number of unbranched alkanes of at least 4 members (excludes halogenated alkanes) is 34. The first-order valence-corrected chi connectivity index (χ1v) is 29.1. The summed E-state index contributed by atoms with van der Waals surface area (Å²) in [6.45, 7) is 6.37. The molecule has 0 aliphatic rings. The first kappa shape index (κ1) is 64.6. The Morgan fingerprint density at radius 1 is 0.448 bits per heavy atom. The smallest absolute Gasteiger partial charge is 0.306 e. The molecule has 0 bridgehead atoms. The van der Waals surface area contributed by atoms with Crippen LogP contribution in [0.4, 0.5) is 0 Å². The van der Waals surface area contributed by atoms with Crippen LogP contribution < -0.4 is 5.32 Å². The molecule has 0 heterocycles. The second kappa shape index (κ2) is 54.5. The van der Waals surface area contributed by atoms with E-state index in [4.69, 9.17) is 4.74 Å². The van der Waals surface area contributed by atoms with Gasteiger partial charge in [-0.1, -0.05) is 293 Å². The predicted molar refractivity (Wildman–Crippen MR) is 292 cm³/mol. The van der Waals surface area contributed by atoms with Crippen molar-refractivity contribution in [3.8, 4) is 0 Å². The predicted octanol–water partition coefficient (Wildman–Crippen LogP) is 18.0. The second-order valence-corrected chi connectivity index (χ2v) is 19.8. The van der Waals surface area contributed by atoms with Crippen molar-refractivity contribution in [2.45, 2.75) is 309 Å². The molecule has 0 spiro atoms. The highest BCUT2D eigenvalue weighted by molar-refractivity contribution is 5.77. The Morgan fingerprint density at radius 3 is 1.21 bits per heavy atom. The fourth-order valence-electron chi connectivity index (χ4n) is 8.87. The van der Waals surface area contributed by atoms with Crippen LogP contribution in [0.2, 0.25) is 0 Å². The van der Waals surface area contributed by atoms with Crippen LogP contribution >= 0.6 is 0 Å². The molecular weight excluding hydrogens is 827 g/mol. The number of esters is 1. The Hall–Kier alpha value is -2.44. The number of carbonyl (C=O) groups excluding carboxylic acids is 2. The maximum atomic E-state index is 13.3. The molecule has 0 aromatic heterocycles. The molecule has 0 saturated carbocycles. The summed E-state index contributed by atoms with van der Waals surface area (Å²) >= 11 is 0. The molecular formula is C61H111NO5. The average Bonchev–Trinajstić information content (AvgIpc) is 3.32. The summed E-state index contributed by atoms with van der Waals surface area (Å²) in [5.41, 5.74) is 0. The fraction of sp³-hybridized carbons (Fsp3) is 0.803. The Balaban J connectivity index is 4.58. The highest BCUT2D eigenvalue weighted by atomic mass is 16.5. The minimum absolute atomic E-state index is 0.0620. The maximum Gasteiger partial charge on any atom is 0.306 e. The number of amides is 1. The minimum atomic E-state index is -0.797. The number of carbonyl (C=O) groups is 2. The number of allylic oxidation sites excluding steroid dienone is 10. The Labute approximate surface area is 416 Å². The van der Waals surface area contributed by atoms with Crippen molar-refractivity contribution < 1.29 is 24.5 Å². The Morgan fingerprint density at radius 2 is 0.806 bits per heavy atom. The number of hydrogen-bond donors (Lipinski definition) is 3. The molecule has 0 aliphatic heterocycles. The van der Waals surface area contributed by atoms with Crippen LogP contribution in [0.3, 0.4) is 0 Å². The van der Waals surface area contributed by atoms with Crippen LogP contribution in [0.5, 0.6) is 0 Å². The first-order chi connectivity index (χ1) is 33.0. The van der Waals surface area contributed by atoms with Gasteiger partial charge >= 0.3 is 5.97 Å². The Kier molecular flexibility index (Phi) is 52.5. The number of rotatable bonds is 52. The summed E-state index contributed by atoms with van der Waals surface area (Å²) in [4.78, 5) is 26.3. The summed E-state index contributed by atoms with van der Waals surface area (Å²) in [6, 6.07) is -0.711. The lowest BCUT2D eigenvalue weighted by atomic mass is 10.0. The molecule has 67 heavy (non-hydrogen) atoms. The van der Waals surface area contributed by atoms with E-state index in [1.807, 2.05) is 36.5 Å². The number of aliphatic hydroxyl groups is 2. The molecule has 0 rings (SSSR count). The third-order valence-electron chi connectivity index (χ3n) is 13.2. The highest BCUT2D eigenvalue weighted by Gasteiger charge is 2.24. The zero-order valence-electron chi connectivity index (χ0n) is 44.5. The number of nitrogens with one attached hydrogen (secondary N) is 1. The minimum Gasteiger partial charge on any atom is -0.462 e. The van der Waals surface area contributed by atoms with Crippen molar-refractivity contribution in [3.05, 3.63) is 60.8 Å².